The number of aliphatic carboxylic acids is 1. The Morgan fingerprint density at radius 1 is 1.70 bits per heavy atom. The van der Waals surface area contributed by atoms with E-state index in [4.69, 9.17) is 16.7 Å². The van der Waals surface area contributed by atoms with E-state index in [1.807, 2.05) is 13.8 Å². The molecule has 0 saturated carbocycles. The van der Waals surface area contributed by atoms with Crippen molar-refractivity contribution in [3.05, 3.63) is 0 Å². The molecule has 10 heavy (non-hydrogen) atoms. The largest absolute Gasteiger partial charge is 0.481 e. The summed E-state index contributed by atoms with van der Waals surface area (Å²) in [6, 6.07) is 0. The summed E-state index contributed by atoms with van der Waals surface area (Å²) in [5.74, 6) is -0.656. The van der Waals surface area contributed by atoms with Gasteiger partial charge in [0.1, 0.15) is 0 Å². The van der Waals surface area contributed by atoms with Gasteiger partial charge in [-0.15, -0.1) is 11.6 Å². The van der Waals surface area contributed by atoms with Gasteiger partial charge >= 0.3 is 5.97 Å². The number of carboxylic acid groups (broad SMARTS) is 1. The van der Waals surface area contributed by atoms with Gasteiger partial charge < -0.3 is 5.11 Å². The Morgan fingerprint density at radius 3 is 2.20 bits per heavy atom. The number of carboxylic acids is 1. The molecule has 0 aromatic rings. The molecule has 0 aliphatic carbocycles. The van der Waals surface area contributed by atoms with Crippen molar-refractivity contribution in [2.75, 3.05) is 0 Å². The lowest BCUT2D eigenvalue weighted by atomic mass is 9.94. The highest BCUT2D eigenvalue weighted by Gasteiger charge is 2.27. The SMILES string of the molecule is CC(C)C(C)(Cl)CC(=O)O. The van der Waals surface area contributed by atoms with Crippen molar-refractivity contribution in [2.24, 2.45) is 5.92 Å². The van der Waals surface area contributed by atoms with Crippen LogP contribution in [0.2, 0.25) is 0 Å². The van der Waals surface area contributed by atoms with E-state index in [0.29, 0.717) is 0 Å². The summed E-state index contributed by atoms with van der Waals surface area (Å²) in [7, 11) is 0. The molecule has 0 fully saturated rings. The van der Waals surface area contributed by atoms with Crippen LogP contribution in [0.3, 0.4) is 0 Å². The van der Waals surface area contributed by atoms with Gasteiger partial charge in [-0.05, 0) is 12.8 Å². The van der Waals surface area contributed by atoms with Crippen molar-refractivity contribution in [1.82, 2.24) is 0 Å². The molecular weight excluding hydrogens is 152 g/mol. The van der Waals surface area contributed by atoms with Crippen molar-refractivity contribution in [3.63, 3.8) is 0 Å². The molecule has 0 radical (unpaired) electrons. The van der Waals surface area contributed by atoms with Gasteiger partial charge in [-0.25, -0.2) is 0 Å². The zero-order valence-corrected chi connectivity index (χ0v) is 7.27. The number of hydrogen-bond donors (Lipinski definition) is 1. The fourth-order valence-corrected chi connectivity index (χ4v) is 0.614. The van der Waals surface area contributed by atoms with Crippen molar-refractivity contribution >= 4 is 17.6 Å². The zero-order chi connectivity index (χ0) is 8.36. The van der Waals surface area contributed by atoms with Crippen LogP contribution >= 0.6 is 11.6 Å². The lowest BCUT2D eigenvalue weighted by molar-refractivity contribution is -0.137. The Kier molecular flexibility index (Phi) is 3.16. The molecule has 0 amide bonds. The first kappa shape index (κ1) is 9.76. The highest BCUT2D eigenvalue weighted by atomic mass is 35.5. The van der Waals surface area contributed by atoms with E-state index in [0.717, 1.165) is 0 Å². The standard InChI is InChI=1S/C7H13ClO2/c1-5(2)7(3,8)4-6(9)10/h5H,4H2,1-3H3,(H,9,10). The molecule has 0 aliphatic rings. The molecule has 3 heteroatoms. The molecule has 0 aliphatic heterocycles. The van der Waals surface area contributed by atoms with Crippen LogP contribution in [0.25, 0.3) is 0 Å². The quantitative estimate of drug-likeness (QED) is 0.649. The molecule has 1 unspecified atom stereocenters. The van der Waals surface area contributed by atoms with E-state index >= 15 is 0 Å². The molecule has 1 atom stereocenters. The molecule has 0 spiro atoms. The highest BCUT2D eigenvalue weighted by Crippen LogP contribution is 2.27. The van der Waals surface area contributed by atoms with Crippen LogP contribution in [0, 0.1) is 5.92 Å². The molecule has 0 aromatic carbocycles. The minimum atomic E-state index is -0.841. The molecule has 0 heterocycles. The van der Waals surface area contributed by atoms with Crippen molar-refractivity contribution < 1.29 is 9.90 Å². The number of hydrogen-bond acceptors (Lipinski definition) is 1. The van der Waals surface area contributed by atoms with Gasteiger partial charge in [-0.3, -0.25) is 4.79 Å². The Balaban J connectivity index is 3.99. The first-order valence-corrected chi connectivity index (χ1v) is 3.65. The van der Waals surface area contributed by atoms with Crippen LogP contribution < -0.4 is 0 Å². The third-order valence-corrected chi connectivity index (χ3v) is 2.27. The molecule has 1 N–H and O–H groups in total. The number of alkyl halides is 1. The summed E-state index contributed by atoms with van der Waals surface area (Å²) in [6.07, 6.45) is 0.0201. The Bertz CT molecular complexity index is 130. The molecular formula is C7H13ClO2. The number of halogens is 1. The predicted molar refractivity (Wildman–Crippen MR) is 41.3 cm³/mol. The summed E-state index contributed by atoms with van der Waals surface area (Å²) in [4.78, 5) is 9.63. The summed E-state index contributed by atoms with van der Waals surface area (Å²) < 4.78 is 0. The third kappa shape index (κ3) is 3.06. The Hall–Kier alpha value is -0.240. The van der Waals surface area contributed by atoms with Gasteiger partial charge in [0.15, 0.2) is 0 Å². The summed E-state index contributed by atoms with van der Waals surface area (Å²) in [5, 5.41) is 8.41. The lowest BCUT2D eigenvalue weighted by Gasteiger charge is -2.23. The summed E-state index contributed by atoms with van der Waals surface area (Å²) in [5.41, 5.74) is 0. The van der Waals surface area contributed by atoms with Crippen LogP contribution in [0.15, 0.2) is 0 Å². The highest BCUT2D eigenvalue weighted by molar-refractivity contribution is 6.24. The molecule has 60 valence electrons. The average Bonchev–Trinajstić information content (AvgIpc) is 1.60. The molecule has 2 nitrogen and oxygen atoms in total. The van der Waals surface area contributed by atoms with Crippen LogP contribution in [0.1, 0.15) is 27.2 Å². The third-order valence-electron chi connectivity index (χ3n) is 1.70. The van der Waals surface area contributed by atoms with Crippen LogP contribution in [0.5, 0.6) is 0 Å². The van der Waals surface area contributed by atoms with E-state index in [2.05, 4.69) is 0 Å². The van der Waals surface area contributed by atoms with Crippen molar-refractivity contribution in [3.8, 4) is 0 Å². The Labute approximate surface area is 66.2 Å². The Morgan fingerprint density at radius 2 is 2.10 bits per heavy atom. The van der Waals surface area contributed by atoms with Gasteiger partial charge in [0, 0.05) is 0 Å². The molecule has 0 rings (SSSR count). The second kappa shape index (κ2) is 3.24. The topological polar surface area (TPSA) is 37.3 Å². The van der Waals surface area contributed by atoms with Crippen molar-refractivity contribution in [1.29, 1.82) is 0 Å². The molecule has 0 bridgehead atoms. The fourth-order valence-electron chi connectivity index (χ4n) is 0.500. The van der Waals surface area contributed by atoms with E-state index in [1.165, 1.54) is 0 Å². The van der Waals surface area contributed by atoms with Crippen LogP contribution in [-0.4, -0.2) is 16.0 Å². The smallest absolute Gasteiger partial charge is 0.305 e. The summed E-state index contributed by atoms with van der Waals surface area (Å²) in [6.45, 7) is 5.57. The van der Waals surface area contributed by atoms with Gasteiger partial charge in [0.25, 0.3) is 0 Å². The van der Waals surface area contributed by atoms with Gasteiger partial charge in [-0.1, -0.05) is 13.8 Å². The molecule has 0 saturated heterocycles. The maximum absolute atomic E-state index is 10.2. The molecule has 0 aromatic heterocycles. The average molecular weight is 165 g/mol. The maximum atomic E-state index is 10.2. The normalized spacial score (nSPS) is 16.9. The van der Waals surface area contributed by atoms with Gasteiger partial charge in [0.2, 0.25) is 0 Å². The number of rotatable bonds is 3. The van der Waals surface area contributed by atoms with E-state index in [1.54, 1.807) is 6.92 Å². The zero-order valence-electron chi connectivity index (χ0n) is 6.52. The van der Waals surface area contributed by atoms with E-state index in [9.17, 15) is 4.79 Å². The first-order valence-electron chi connectivity index (χ1n) is 3.27. The minimum Gasteiger partial charge on any atom is -0.481 e. The lowest BCUT2D eigenvalue weighted by Crippen LogP contribution is -2.27. The van der Waals surface area contributed by atoms with Crippen molar-refractivity contribution in [2.45, 2.75) is 32.1 Å². The van der Waals surface area contributed by atoms with Gasteiger partial charge in [0.05, 0.1) is 11.3 Å². The first-order chi connectivity index (χ1) is 4.36. The minimum absolute atomic E-state index is 0.0201. The maximum Gasteiger partial charge on any atom is 0.305 e. The van der Waals surface area contributed by atoms with E-state index in [-0.39, 0.29) is 12.3 Å². The van der Waals surface area contributed by atoms with E-state index < -0.39 is 10.8 Å². The monoisotopic (exact) mass is 164 g/mol. The van der Waals surface area contributed by atoms with Crippen LogP contribution in [-0.2, 0) is 4.79 Å². The van der Waals surface area contributed by atoms with Crippen LogP contribution in [0.4, 0.5) is 0 Å². The number of carbonyl (C=O) groups is 1. The summed E-state index contributed by atoms with van der Waals surface area (Å²) >= 11 is 5.89. The fraction of sp³-hybridized carbons (Fsp3) is 0.857. The second-order valence-electron chi connectivity index (χ2n) is 3.00. The second-order valence-corrected chi connectivity index (χ2v) is 3.87. The predicted octanol–water partition coefficient (Wildman–Crippen LogP) is 2.11. The van der Waals surface area contributed by atoms with Gasteiger partial charge in [-0.2, -0.15) is 0 Å².